The van der Waals surface area contributed by atoms with Gasteiger partial charge in [-0.2, -0.15) is 0 Å². The molecule has 0 fully saturated rings. The number of nitrogens with two attached hydrogens (primary N) is 1. The number of carbonyl (C=O) groups excluding carboxylic acids is 2. The minimum atomic E-state index is -0.154. The van der Waals surface area contributed by atoms with Crippen LogP contribution in [0, 0.1) is 12.8 Å². The van der Waals surface area contributed by atoms with Gasteiger partial charge in [0.2, 0.25) is 5.91 Å². The van der Waals surface area contributed by atoms with Crippen molar-refractivity contribution in [3.63, 3.8) is 0 Å². The predicted octanol–water partition coefficient (Wildman–Crippen LogP) is 1.67. The topological polar surface area (TPSA) is 84.2 Å². The Labute approximate surface area is 119 Å². The summed E-state index contributed by atoms with van der Waals surface area (Å²) < 4.78 is 0. The molecule has 0 unspecified atom stereocenters. The summed E-state index contributed by atoms with van der Waals surface area (Å²) in [5.74, 6) is 0.152. The van der Waals surface area contributed by atoms with Gasteiger partial charge in [-0.05, 0) is 36.6 Å². The molecule has 0 bridgehead atoms. The third-order valence-electron chi connectivity index (χ3n) is 2.79. The fraction of sp³-hybridized carbons (Fsp3) is 0.467. The first kappa shape index (κ1) is 16.2. The molecule has 0 heterocycles. The van der Waals surface area contributed by atoms with E-state index in [1.165, 1.54) is 0 Å². The molecule has 0 spiro atoms. The summed E-state index contributed by atoms with van der Waals surface area (Å²) in [6, 6.07) is 5.21. The van der Waals surface area contributed by atoms with E-state index in [0.29, 0.717) is 31.0 Å². The molecule has 4 N–H and O–H groups in total. The second kappa shape index (κ2) is 7.65. The number of aryl methyl sites for hydroxylation is 1. The highest BCUT2D eigenvalue weighted by atomic mass is 16.2. The Morgan fingerprint density at radius 3 is 2.55 bits per heavy atom. The molecule has 110 valence electrons. The number of rotatable bonds is 6. The molecule has 2 amide bonds. The van der Waals surface area contributed by atoms with Crippen molar-refractivity contribution in [3.05, 3.63) is 29.3 Å². The fourth-order valence-electron chi connectivity index (χ4n) is 1.80. The quantitative estimate of drug-likeness (QED) is 0.739. The largest absolute Gasteiger partial charge is 0.351 e. The van der Waals surface area contributed by atoms with Crippen molar-refractivity contribution in [2.24, 2.45) is 11.7 Å². The zero-order valence-corrected chi connectivity index (χ0v) is 12.3. The minimum Gasteiger partial charge on any atom is -0.351 e. The zero-order valence-electron chi connectivity index (χ0n) is 12.3. The molecule has 0 aliphatic rings. The van der Waals surface area contributed by atoms with Crippen molar-refractivity contribution in [1.29, 1.82) is 0 Å². The number of hydrogen-bond donors (Lipinski definition) is 3. The van der Waals surface area contributed by atoms with Crippen molar-refractivity contribution in [3.8, 4) is 0 Å². The van der Waals surface area contributed by atoms with E-state index >= 15 is 0 Å². The highest BCUT2D eigenvalue weighted by Gasteiger charge is 2.10. The highest BCUT2D eigenvalue weighted by Crippen LogP contribution is 2.17. The van der Waals surface area contributed by atoms with Crippen molar-refractivity contribution < 1.29 is 9.59 Å². The summed E-state index contributed by atoms with van der Waals surface area (Å²) in [4.78, 5) is 23.5. The lowest BCUT2D eigenvalue weighted by Gasteiger charge is -2.11. The van der Waals surface area contributed by atoms with Gasteiger partial charge in [0.05, 0.1) is 0 Å². The number of anilines is 1. The lowest BCUT2D eigenvalue weighted by molar-refractivity contribution is -0.116. The van der Waals surface area contributed by atoms with Crippen molar-refractivity contribution in [2.45, 2.75) is 27.2 Å². The average molecular weight is 277 g/mol. The molecule has 0 aliphatic carbocycles. The SMILES string of the molecule is Cc1cc(C(=O)NCCN)ccc1NC(=O)CC(C)C. The van der Waals surface area contributed by atoms with Gasteiger partial charge in [0.25, 0.3) is 5.91 Å². The smallest absolute Gasteiger partial charge is 0.251 e. The van der Waals surface area contributed by atoms with Crippen LogP contribution in [0.25, 0.3) is 0 Å². The monoisotopic (exact) mass is 277 g/mol. The summed E-state index contributed by atoms with van der Waals surface area (Å²) in [6.45, 7) is 6.72. The van der Waals surface area contributed by atoms with Crippen LogP contribution in [-0.2, 0) is 4.79 Å². The first-order valence-electron chi connectivity index (χ1n) is 6.82. The van der Waals surface area contributed by atoms with E-state index in [2.05, 4.69) is 10.6 Å². The molecule has 0 saturated carbocycles. The van der Waals surface area contributed by atoms with Crippen LogP contribution in [0.15, 0.2) is 18.2 Å². The van der Waals surface area contributed by atoms with E-state index in [-0.39, 0.29) is 11.8 Å². The number of nitrogens with one attached hydrogen (secondary N) is 2. The van der Waals surface area contributed by atoms with E-state index in [1.54, 1.807) is 18.2 Å². The van der Waals surface area contributed by atoms with Gasteiger partial charge in [-0.3, -0.25) is 9.59 Å². The van der Waals surface area contributed by atoms with Crippen molar-refractivity contribution >= 4 is 17.5 Å². The standard InChI is InChI=1S/C15H23N3O2/c1-10(2)8-14(19)18-13-5-4-12(9-11(13)3)15(20)17-7-6-16/h4-5,9-10H,6-8,16H2,1-3H3,(H,17,20)(H,18,19). The first-order chi connectivity index (χ1) is 9.43. The van der Waals surface area contributed by atoms with Crippen LogP contribution < -0.4 is 16.4 Å². The molecule has 1 rings (SSSR count). The van der Waals surface area contributed by atoms with Crippen LogP contribution in [0.4, 0.5) is 5.69 Å². The summed E-state index contributed by atoms with van der Waals surface area (Å²) >= 11 is 0. The molecule has 5 nitrogen and oxygen atoms in total. The number of hydrogen-bond acceptors (Lipinski definition) is 3. The third-order valence-corrected chi connectivity index (χ3v) is 2.79. The van der Waals surface area contributed by atoms with E-state index in [9.17, 15) is 9.59 Å². The maximum absolute atomic E-state index is 11.8. The van der Waals surface area contributed by atoms with Gasteiger partial charge in [-0.15, -0.1) is 0 Å². The second-order valence-corrected chi connectivity index (χ2v) is 5.22. The minimum absolute atomic E-state index is 0.0107. The van der Waals surface area contributed by atoms with Crippen molar-refractivity contribution in [1.82, 2.24) is 5.32 Å². The second-order valence-electron chi connectivity index (χ2n) is 5.22. The van der Waals surface area contributed by atoms with Gasteiger partial charge in [0.1, 0.15) is 0 Å². The van der Waals surface area contributed by atoms with Gasteiger partial charge in [0.15, 0.2) is 0 Å². The van der Waals surface area contributed by atoms with E-state index in [1.807, 2.05) is 20.8 Å². The molecule has 0 aromatic heterocycles. The number of carbonyl (C=O) groups is 2. The Balaban J connectivity index is 2.73. The molecular formula is C15H23N3O2. The zero-order chi connectivity index (χ0) is 15.1. The Morgan fingerprint density at radius 1 is 1.30 bits per heavy atom. The van der Waals surface area contributed by atoms with Crippen molar-refractivity contribution in [2.75, 3.05) is 18.4 Å². The summed E-state index contributed by atoms with van der Waals surface area (Å²) in [5, 5.41) is 5.57. The Kier molecular flexibility index (Phi) is 6.18. The lowest BCUT2D eigenvalue weighted by atomic mass is 10.1. The molecule has 1 aromatic rings. The summed E-state index contributed by atoms with van der Waals surface area (Å²) in [5.41, 5.74) is 7.51. The maximum atomic E-state index is 11.8. The molecule has 0 radical (unpaired) electrons. The maximum Gasteiger partial charge on any atom is 0.251 e. The molecule has 20 heavy (non-hydrogen) atoms. The van der Waals surface area contributed by atoms with Crippen LogP contribution in [0.5, 0.6) is 0 Å². The van der Waals surface area contributed by atoms with Crippen LogP contribution in [-0.4, -0.2) is 24.9 Å². The van der Waals surface area contributed by atoms with Crippen LogP contribution >= 0.6 is 0 Å². The predicted molar refractivity (Wildman–Crippen MR) is 80.7 cm³/mol. The molecule has 0 aliphatic heterocycles. The molecule has 5 heteroatoms. The third kappa shape index (κ3) is 5.01. The van der Waals surface area contributed by atoms with Gasteiger partial charge in [-0.1, -0.05) is 13.8 Å². The Morgan fingerprint density at radius 2 is 2.00 bits per heavy atom. The van der Waals surface area contributed by atoms with Gasteiger partial charge in [0, 0.05) is 30.8 Å². The molecule has 1 aromatic carbocycles. The van der Waals surface area contributed by atoms with Gasteiger partial charge < -0.3 is 16.4 Å². The number of benzene rings is 1. The van der Waals surface area contributed by atoms with Crippen LogP contribution in [0.1, 0.15) is 36.2 Å². The number of amides is 2. The lowest BCUT2D eigenvalue weighted by Crippen LogP contribution is -2.29. The Bertz CT molecular complexity index is 484. The first-order valence-corrected chi connectivity index (χ1v) is 6.82. The normalized spacial score (nSPS) is 10.4. The van der Waals surface area contributed by atoms with Gasteiger partial charge in [-0.25, -0.2) is 0 Å². The molecule has 0 saturated heterocycles. The summed E-state index contributed by atoms with van der Waals surface area (Å²) in [6.07, 6.45) is 0.484. The van der Waals surface area contributed by atoms with Crippen LogP contribution in [0.3, 0.4) is 0 Å². The molecular weight excluding hydrogens is 254 g/mol. The fourth-order valence-corrected chi connectivity index (χ4v) is 1.80. The van der Waals surface area contributed by atoms with E-state index in [4.69, 9.17) is 5.73 Å². The summed E-state index contributed by atoms with van der Waals surface area (Å²) in [7, 11) is 0. The average Bonchev–Trinajstić information content (AvgIpc) is 2.37. The van der Waals surface area contributed by atoms with Crippen LogP contribution in [0.2, 0.25) is 0 Å². The van der Waals surface area contributed by atoms with E-state index < -0.39 is 0 Å². The molecule has 0 atom stereocenters. The van der Waals surface area contributed by atoms with Gasteiger partial charge >= 0.3 is 0 Å². The Hall–Kier alpha value is -1.88. The van der Waals surface area contributed by atoms with E-state index in [0.717, 1.165) is 11.3 Å². The highest BCUT2D eigenvalue weighted by molar-refractivity contribution is 5.96.